The van der Waals surface area contributed by atoms with Crippen molar-refractivity contribution in [1.82, 2.24) is 0 Å². The van der Waals surface area contributed by atoms with Gasteiger partial charge in [-0.15, -0.1) is 11.3 Å². The van der Waals surface area contributed by atoms with Gasteiger partial charge in [-0.1, -0.05) is 178 Å². The summed E-state index contributed by atoms with van der Waals surface area (Å²) in [6, 6.07) is 59.6. The van der Waals surface area contributed by atoms with E-state index in [1.165, 1.54) is 142 Å². The first kappa shape index (κ1) is 36.6. The molecule has 61 heavy (non-hydrogen) atoms. The van der Waals surface area contributed by atoms with Gasteiger partial charge in [0.15, 0.2) is 0 Å². The lowest BCUT2D eigenvalue weighted by atomic mass is 9.79. The molecular formula is C59H49NS. The van der Waals surface area contributed by atoms with E-state index in [9.17, 15) is 0 Å². The Hall–Kier alpha value is -6.22. The summed E-state index contributed by atoms with van der Waals surface area (Å²) in [6.07, 6.45) is 14.2. The molecule has 9 aromatic rings. The van der Waals surface area contributed by atoms with Gasteiger partial charge in [-0.3, -0.25) is 0 Å². The zero-order valence-electron chi connectivity index (χ0n) is 35.0. The van der Waals surface area contributed by atoms with Crippen molar-refractivity contribution >= 4 is 75.7 Å². The fourth-order valence-corrected chi connectivity index (χ4v) is 12.6. The van der Waals surface area contributed by atoms with Crippen LogP contribution in [0.5, 0.6) is 0 Å². The zero-order chi connectivity index (χ0) is 40.7. The SMILES string of the molecule is CC1(C)c2ccccc2-c2ccc(N(c3ccc4c(c3)sc3c(C5=CC=C(C6CCCCC6)CC5)cccc34)c3ccc4ccccc4c3-c3cccc4ccccc34)cc21. The standard InChI is InChI=1S/C59H49NS/c1-59(2)53-25-11-10-21-48(53)49-33-31-43(36-54(49)59)60(55-35-30-41-17-7-9-20-46(41)57(55)51-23-12-18-40-16-6-8-19-45(40)51)44-32-34-50-52-24-13-22-47(58(52)61-56(50)37-44)42-28-26-39(27-29-42)38-14-4-3-5-15-38/h6-13,16-26,28,30-38H,3-5,14-15,27,29H2,1-2H3. The number of thiophene rings is 1. The van der Waals surface area contributed by atoms with Crippen LogP contribution in [0.2, 0.25) is 0 Å². The number of anilines is 3. The molecule has 0 aliphatic heterocycles. The van der Waals surface area contributed by atoms with E-state index in [1.54, 1.807) is 5.57 Å². The molecule has 8 aromatic carbocycles. The van der Waals surface area contributed by atoms with Crippen molar-refractivity contribution in [3.63, 3.8) is 0 Å². The Kier molecular flexibility index (Phi) is 8.68. The predicted molar refractivity (Wildman–Crippen MR) is 264 cm³/mol. The largest absolute Gasteiger partial charge is 0.310 e. The molecular weight excluding hydrogens is 755 g/mol. The maximum atomic E-state index is 2.55. The van der Waals surface area contributed by atoms with Gasteiger partial charge in [-0.05, 0) is 122 Å². The van der Waals surface area contributed by atoms with Gasteiger partial charge in [0.25, 0.3) is 0 Å². The first-order valence-corrected chi connectivity index (χ1v) is 23.2. The van der Waals surface area contributed by atoms with Crippen LogP contribution >= 0.6 is 11.3 Å². The second kappa shape index (κ2) is 14.5. The van der Waals surface area contributed by atoms with Crippen molar-refractivity contribution in [3.8, 4) is 22.3 Å². The molecule has 0 amide bonds. The quantitative estimate of drug-likeness (QED) is 0.162. The maximum Gasteiger partial charge on any atom is 0.0546 e. The molecule has 1 saturated carbocycles. The van der Waals surface area contributed by atoms with Crippen molar-refractivity contribution in [3.05, 3.63) is 192 Å². The van der Waals surface area contributed by atoms with E-state index in [1.807, 2.05) is 11.3 Å². The lowest BCUT2D eigenvalue weighted by Gasteiger charge is -2.30. The Balaban J connectivity index is 1.07. The van der Waals surface area contributed by atoms with E-state index in [4.69, 9.17) is 0 Å². The molecule has 0 bridgehead atoms. The number of nitrogens with zero attached hydrogens (tertiary/aromatic N) is 1. The van der Waals surface area contributed by atoms with E-state index in [0.717, 1.165) is 12.3 Å². The highest BCUT2D eigenvalue weighted by atomic mass is 32.1. The number of rotatable bonds is 6. The monoisotopic (exact) mass is 803 g/mol. The van der Waals surface area contributed by atoms with Crippen molar-refractivity contribution < 1.29 is 0 Å². The smallest absolute Gasteiger partial charge is 0.0546 e. The fourth-order valence-electron chi connectivity index (χ4n) is 11.3. The molecule has 296 valence electrons. The molecule has 1 aromatic heterocycles. The minimum absolute atomic E-state index is 0.124. The van der Waals surface area contributed by atoms with Gasteiger partial charge in [0, 0.05) is 42.5 Å². The predicted octanol–water partition coefficient (Wildman–Crippen LogP) is 17.5. The number of allylic oxidation sites excluding steroid dienone is 4. The van der Waals surface area contributed by atoms with Crippen molar-refractivity contribution in [2.24, 2.45) is 5.92 Å². The highest BCUT2D eigenvalue weighted by molar-refractivity contribution is 7.26. The van der Waals surface area contributed by atoms with Crippen LogP contribution in [0.25, 0.3) is 69.5 Å². The summed E-state index contributed by atoms with van der Waals surface area (Å²) in [5.41, 5.74) is 15.9. The molecule has 12 rings (SSSR count). The Morgan fingerprint density at radius 3 is 2.03 bits per heavy atom. The number of hydrogen-bond donors (Lipinski definition) is 0. The Labute approximate surface area is 363 Å². The Morgan fingerprint density at radius 2 is 1.18 bits per heavy atom. The Bertz CT molecular complexity index is 3270. The highest BCUT2D eigenvalue weighted by Gasteiger charge is 2.36. The summed E-state index contributed by atoms with van der Waals surface area (Å²) < 4.78 is 2.72. The molecule has 2 heteroatoms. The highest BCUT2D eigenvalue weighted by Crippen LogP contribution is 2.53. The summed E-state index contributed by atoms with van der Waals surface area (Å²) in [5, 5.41) is 7.70. The topological polar surface area (TPSA) is 3.24 Å². The molecule has 0 radical (unpaired) electrons. The van der Waals surface area contributed by atoms with E-state index < -0.39 is 0 Å². The van der Waals surface area contributed by atoms with Gasteiger partial charge in [0.05, 0.1) is 5.69 Å². The van der Waals surface area contributed by atoms with Gasteiger partial charge in [0.2, 0.25) is 0 Å². The van der Waals surface area contributed by atoms with Crippen LogP contribution in [0.15, 0.2) is 175 Å². The van der Waals surface area contributed by atoms with Crippen molar-refractivity contribution in [1.29, 1.82) is 0 Å². The second-order valence-corrected chi connectivity index (χ2v) is 19.2. The van der Waals surface area contributed by atoms with Crippen LogP contribution in [-0.2, 0) is 5.41 Å². The van der Waals surface area contributed by atoms with E-state index >= 15 is 0 Å². The van der Waals surface area contributed by atoms with Gasteiger partial charge < -0.3 is 4.90 Å². The van der Waals surface area contributed by atoms with Gasteiger partial charge in [-0.25, -0.2) is 0 Å². The number of fused-ring (bicyclic) bond motifs is 8. The molecule has 1 heterocycles. The normalized spacial score (nSPS) is 16.2. The Morgan fingerprint density at radius 1 is 0.508 bits per heavy atom. The maximum absolute atomic E-state index is 2.55. The summed E-state index contributed by atoms with van der Waals surface area (Å²) in [4.78, 5) is 2.55. The number of hydrogen-bond acceptors (Lipinski definition) is 2. The summed E-state index contributed by atoms with van der Waals surface area (Å²) in [5.74, 6) is 0.795. The summed E-state index contributed by atoms with van der Waals surface area (Å²) in [7, 11) is 0. The molecule has 3 aliphatic rings. The van der Waals surface area contributed by atoms with Crippen molar-refractivity contribution in [2.45, 2.75) is 64.2 Å². The fraction of sp³-hybridized carbons (Fsp3) is 0.186. The van der Waals surface area contributed by atoms with E-state index in [2.05, 4.69) is 189 Å². The summed E-state index contributed by atoms with van der Waals surface area (Å²) in [6.45, 7) is 4.77. The second-order valence-electron chi connectivity index (χ2n) is 18.2. The molecule has 0 spiro atoms. The lowest BCUT2D eigenvalue weighted by molar-refractivity contribution is 0.395. The average molecular weight is 804 g/mol. The van der Waals surface area contributed by atoms with Crippen molar-refractivity contribution in [2.75, 3.05) is 4.90 Å². The first-order valence-electron chi connectivity index (χ1n) is 22.4. The van der Waals surface area contributed by atoms with Crippen LogP contribution in [0.4, 0.5) is 17.1 Å². The third kappa shape index (κ3) is 5.94. The van der Waals surface area contributed by atoms with E-state index in [0.29, 0.717) is 0 Å². The van der Waals surface area contributed by atoms with Crippen LogP contribution in [0.1, 0.15) is 75.5 Å². The zero-order valence-corrected chi connectivity index (χ0v) is 35.9. The van der Waals surface area contributed by atoms with Crippen LogP contribution in [0.3, 0.4) is 0 Å². The minimum atomic E-state index is -0.124. The number of benzene rings is 8. The van der Waals surface area contributed by atoms with Gasteiger partial charge in [-0.2, -0.15) is 0 Å². The molecule has 3 aliphatic carbocycles. The van der Waals surface area contributed by atoms with Crippen LogP contribution in [0, 0.1) is 5.92 Å². The van der Waals surface area contributed by atoms with Gasteiger partial charge in [0.1, 0.15) is 0 Å². The van der Waals surface area contributed by atoms with E-state index in [-0.39, 0.29) is 5.41 Å². The first-order chi connectivity index (χ1) is 30.0. The third-order valence-corrected chi connectivity index (χ3v) is 15.6. The van der Waals surface area contributed by atoms with Gasteiger partial charge >= 0.3 is 0 Å². The van der Waals surface area contributed by atoms with Crippen LogP contribution in [-0.4, -0.2) is 0 Å². The lowest BCUT2D eigenvalue weighted by Crippen LogP contribution is -2.17. The average Bonchev–Trinajstić information content (AvgIpc) is 3.80. The molecule has 0 saturated heterocycles. The molecule has 0 N–H and O–H groups in total. The summed E-state index contributed by atoms with van der Waals surface area (Å²) >= 11 is 1.96. The van der Waals surface area contributed by atoms with Crippen LogP contribution < -0.4 is 4.90 Å². The molecule has 1 nitrogen and oxygen atoms in total. The molecule has 1 fully saturated rings. The minimum Gasteiger partial charge on any atom is -0.310 e. The third-order valence-electron chi connectivity index (χ3n) is 14.4. The molecule has 0 unspecified atom stereocenters. The molecule has 0 atom stereocenters.